The number of anilines is 1. The zero-order valence-corrected chi connectivity index (χ0v) is 13.4. The number of halogens is 1. The summed E-state index contributed by atoms with van der Waals surface area (Å²) in [6, 6.07) is 6.85. The molecule has 24 heavy (non-hydrogen) atoms. The molecule has 3 aromatic rings. The number of benzene rings is 1. The standard InChI is InChI=1S/C18H17FN4O/c1-3-21-18(24)23-17-7-13-5-12(4-11(2)16(13)10-22-17)14-6-15(19)9-20-8-14/h4-10H,3H2,1-2H3,(H2,21,22,23,24). The van der Waals surface area contributed by atoms with Crippen molar-refractivity contribution in [3.8, 4) is 11.1 Å². The number of fused-ring (bicyclic) bond motifs is 1. The van der Waals surface area contributed by atoms with Gasteiger partial charge in [-0.15, -0.1) is 0 Å². The van der Waals surface area contributed by atoms with Crippen LogP contribution in [-0.4, -0.2) is 22.5 Å². The van der Waals surface area contributed by atoms with Crippen molar-refractivity contribution in [2.45, 2.75) is 13.8 Å². The number of amides is 2. The maximum absolute atomic E-state index is 13.4. The predicted molar refractivity (Wildman–Crippen MR) is 92.4 cm³/mol. The van der Waals surface area contributed by atoms with Crippen LogP contribution < -0.4 is 10.6 Å². The highest BCUT2D eigenvalue weighted by Gasteiger charge is 2.08. The summed E-state index contributed by atoms with van der Waals surface area (Å²) in [4.78, 5) is 19.8. The van der Waals surface area contributed by atoms with E-state index in [9.17, 15) is 9.18 Å². The SMILES string of the molecule is CCNC(=O)Nc1cc2cc(-c3cncc(F)c3)cc(C)c2cn1. The lowest BCUT2D eigenvalue weighted by Crippen LogP contribution is -2.28. The van der Waals surface area contributed by atoms with E-state index in [1.54, 1.807) is 18.5 Å². The molecule has 0 aliphatic heterocycles. The third-order valence-electron chi connectivity index (χ3n) is 3.66. The number of nitrogens with one attached hydrogen (secondary N) is 2. The van der Waals surface area contributed by atoms with Gasteiger partial charge in [0.05, 0.1) is 6.20 Å². The fraction of sp³-hybridized carbons (Fsp3) is 0.167. The van der Waals surface area contributed by atoms with Crippen LogP contribution in [0.5, 0.6) is 0 Å². The molecule has 2 amide bonds. The Morgan fingerprint density at radius 3 is 2.71 bits per heavy atom. The fourth-order valence-electron chi connectivity index (χ4n) is 2.57. The molecule has 0 fully saturated rings. The molecule has 0 spiro atoms. The van der Waals surface area contributed by atoms with Gasteiger partial charge in [-0.25, -0.2) is 14.2 Å². The maximum Gasteiger partial charge on any atom is 0.320 e. The van der Waals surface area contributed by atoms with Crippen molar-refractivity contribution in [3.63, 3.8) is 0 Å². The number of carbonyl (C=O) groups excluding carboxylic acids is 1. The van der Waals surface area contributed by atoms with E-state index in [0.717, 1.165) is 21.9 Å². The summed E-state index contributed by atoms with van der Waals surface area (Å²) in [6.07, 6.45) is 4.52. The Morgan fingerprint density at radius 1 is 1.12 bits per heavy atom. The molecule has 0 radical (unpaired) electrons. The second-order valence-corrected chi connectivity index (χ2v) is 5.46. The molecule has 0 saturated heterocycles. The smallest absolute Gasteiger partial charge is 0.320 e. The van der Waals surface area contributed by atoms with Gasteiger partial charge < -0.3 is 5.32 Å². The van der Waals surface area contributed by atoms with Gasteiger partial charge in [0.2, 0.25) is 0 Å². The number of nitrogens with zero attached hydrogens (tertiary/aromatic N) is 2. The molecule has 2 N–H and O–H groups in total. The van der Waals surface area contributed by atoms with E-state index in [-0.39, 0.29) is 11.8 Å². The second-order valence-electron chi connectivity index (χ2n) is 5.46. The summed E-state index contributed by atoms with van der Waals surface area (Å²) < 4.78 is 13.4. The largest absolute Gasteiger partial charge is 0.338 e. The van der Waals surface area contributed by atoms with Gasteiger partial charge in [-0.3, -0.25) is 10.3 Å². The first-order valence-corrected chi connectivity index (χ1v) is 7.63. The number of hydrogen-bond donors (Lipinski definition) is 2. The Hall–Kier alpha value is -3.02. The summed E-state index contributed by atoms with van der Waals surface area (Å²) in [7, 11) is 0. The van der Waals surface area contributed by atoms with Gasteiger partial charge in [0.25, 0.3) is 0 Å². The van der Waals surface area contributed by atoms with Gasteiger partial charge in [-0.05, 0) is 48.6 Å². The van der Waals surface area contributed by atoms with Gasteiger partial charge >= 0.3 is 6.03 Å². The third kappa shape index (κ3) is 3.32. The number of urea groups is 1. The summed E-state index contributed by atoms with van der Waals surface area (Å²) in [5.74, 6) is 0.0842. The molecule has 0 aliphatic carbocycles. The first kappa shape index (κ1) is 15.9. The van der Waals surface area contributed by atoms with E-state index in [0.29, 0.717) is 17.9 Å². The molecule has 1 aromatic carbocycles. The second kappa shape index (κ2) is 6.62. The topological polar surface area (TPSA) is 66.9 Å². The Balaban J connectivity index is 2.03. The molecular weight excluding hydrogens is 307 g/mol. The molecule has 3 rings (SSSR count). The number of pyridine rings is 2. The van der Waals surface area contributed by atoms with Gasteiger partial charge in [0.1, 0.15) is 11.6 Å². The summed E-state index contributed by atoms with van der Waals surface area (Å²) in [5, 5.41) is 7.24. The van der Waals surface area contributed by atoms with Crippen LogP contribution in [-0.2, 0) is 0 Å². The third-order valence-corrected chi connectivity index (χ3v) is 3.66. The summed E-state index contributed by atoms with van der Waals surface area (Å²) >= 11 is 0. The number of aromatic nitrogens is 2. The van der Waals surface area contributed by atoms with E-state index >= 15 is 0 Å². The molecular formula is C18H17FN4O. The molecule has 0 saturated carbocycles. The monoisotopic (exact) mass is 324 g/mol. The fourth-order valence-corrected chi connectivity index (χ4v) is 2.57. The lowest BCUT2D eigenvalue weighted by Gasteiger charge is -2.10. The lowest BCUT2D eigenvalue weighted by molar-refractivity contribution is 0.252. The van der Waals surface area contributed by atoms with Crippen LogP contribution in [0.3, 0.4) is 0 Å². The Bertz CT molecular complexity index is 911. The number of aryl methyl sites for hydroxylation is 1. The van der Waals surface area contributed by atoms with Gasteiger partial charge in [0, 0.05) is 29.9 Å². The van der Waals surface area contributed by atoms with Gasteiger partial charge in [-0.1, -0.05) is 6.07 Å². The molecule has 6 heteroatoms. The highest BCUT2D eigenvalue weighted by Crippen LogP contribution is 2.28. The van der Waals surface area contributed by atoms with Crippen LogP contribution in [0, 0.1) is 12.7 Å². The lowest BCUT2D eigenvalue weighted by atomic mass is 9.99. The van der Waals surface area contributed by atoms with E-state index in [1.165, 1.54) is 12.3 Å². The highest BCUT2D eigenvalue weighted by atomic mass is 19.1. The maximum atomic E-state index is 13.4. The molecule has 5 nitrogen and oxygen atoms in total. The minimum absolute atomic E-state index is 0.299. The molecule has 0 atom stereocenters. The Kier molecular flexibility index (Phi) is 4.37. The minimum atomic E-state index is -0.376. The zero-order chi connectivity index (χ0) is 17.1. The molecule has 2 aromatic heterocycles. The summed E-state index contributed by atoms with van der Waals surface area (Å²) in [6.45, 7) is 4.35. The Morgan fingerprint density at radius 2 is 1.96 bits per heavy atom. The van der Waals surface area contributed by atoms with E-state index in [4.69, 9.17) is 0 Å². The minimum Gasteiger partial charge on any atom is -0.338 e. The zero-order valence-electron chi connectivity index (χ0n) is 13.4. The van der Waals surface area contributed by atoms with Crippen molar-refractivity contribution in [3.05, 3.63) is 54.2 Å². The van der Waals surface area contributed by atoms with Crippen molar-refractivity contribution in [2.24, 2.45) is 0 Å². The van der Waals surface area contributed by atoms with E-state index < -0.39 is 0 Å². The molecule has 0 aliphatic rings. The van der Waals surface area contributed by atoms with Crippen molar-refractivity contribution in [2.75, 3.05) is 11.9 Å². The number of rotatable bonds is 3. The average Bonchev–Trinajstić information content (AvgIpc) is 2.54. The van der Waals surface area contributed by atoms with Crippen LogP contribution in [0.15, 0.2) is 42.9 Å². The summed E-state index contributed by atoms with van der Waals surface area (Å²) in [5.41, 5.74) is 2.58. The van der Waals surface area contributed by atoms with Crippen molar-refractivity contribution >= 4 is 22.6 Å². The van der Waals surface area contributed by atoms with Crippen LogP contribution in [0.25, 0.3) is 21.9 Å². The van der Waals surface area contributed by atoms with Crippen LogP contribution in [0.4, 0.5) is 15.0 Å². The van der Waals surface area contributed by atoms with Gasteiger partial charge in [0.15, 0.2) is 0 Å². The van der Waals surface area contributed by atoms with Crippen molar-refractivity contribution < 1.29 is 9.18 Å². The molecule has 122 valence electrons. The predicted octanol–water partition coefficient (Wildman–Crippen LogP) is 3.89. The van der Waals surface area contributed by atoms with Crippen LogP contribution in [0.1, 0.15) is 12.5 Å². The first-order valence-electron chi connectivity index (χ1n) is 7.63. The van der Waals surface area contributed by atoms with E-state index in [2.05, 4.69) is 20.6 Å². The average molecular weight is 324 g/mol. The van der Waals surface area contributed by atoms with Crippen LogP contribution in [0.2, 0.25) is 0 Å². The quantitative estimate of drug-likeness (QED) is 0.768. The van der Waals surface area contributed by atoms with Crippen molar-refractivity contribution in [1.29, 1.82) is 0 Å². The van der Waals surface area contributed by atoms with E-state index in [1.807, 2.05) is 26.0 Å². The van der Waals surface area contributed by atoms with Crippen LogP contribution >= 0.6 is 0 Å². The highest BCUT2D eigenvalue weighted by molar-refractivity contribution is 5.94. The number of carbonyl (C=O) groups is 1. The molecule has 0 bridgehead atoms. The van der Waals surface area contributed by atoms with Crippen molar-refractivity contribution in [1.82, 2.24) is 15.3 Å². The molecule has 2 heterocycles. The van der Waals surface area contributed by atoms with Gasteiger partial charge in [-0.2, -0.15) is 0 Å². The number of hydrogen-bond acceptors (Lipinski definition) is 3. The Labute approximate surface area is 138 Å². The first-order chi connectivity index (χ1) is 11.6. The molecule has 0 unspecified atom stereocenters. The normalized spacial score (nSPS) is 10.6.